The second-order valence-corrected chi connectivity index (χ2v) is 6.04. The Hall–Kier alpha value is -1.06. The summed E-state index contributed by atoms with van der Waals surface area (Å²) in [5.41, 5.74) is 1.05. The summed E-state index contributed by atoms with van der Waals surface area (Å²) >= 11 is 0. The zero-order chi connectivity index (χ0) is 13.8. The molecule has 1 saturated carbocycles. The van der Waals surface area contributed by atoms with Crippen molar-refractivity contribution < 1.29 is 9.53 Å². The van der Waals surface area contributed by atoms with Crippen LogP contribution >= 0.6 is 12.4 Å². The third-order valence-corrected chi connectivity index (χ3v) is 4.65. The number of carbonyl (C=O) groups is 1. The van der Waals surface area contributed by atoms with Gasteiger partial charge in [-0.1, -0.05) is 43.2 Å². The summed E-state index contributed by atoms with van der Waals surface area (Å²) < 4.78 is 5.47. The molecule has 3 nitrogen and oxygen atoms in total. The van der Waals surface area contributed by atoms with Crippen LogP contribution in [0.3, 0.4) is 0 Å². The highest BCUT2D eigenvalue weighted by Crippen LogP contribution is 2.32. The molecule has 0 radical (unpaired) electrons. The van der Waals surface area contributed by atoms with E-state index in [4.69, 9.17) is 4.74 Å². The van der Waals surface area contributed by atoms with E-state index in [2.05, 4.69) is 5.32 Å². The van der Waals surface area contributed by atoms with Crippen LogP contribution in [0.2, 0.25) is 0 Å². The highest BCUT2D eigenvalue weighted by atomic mass is 35.5. The topological polar surface area (TPSA) is 38.3 Å². The summed E-state index contributed by atoms with van der Waals surface area (Å²) in [5.74, 6) is 0.698. The van der Waals surface area contributed by atoms with Gasteiger partial charge in [-0.3, -0.25) is 4.79 Å². The lowest BCUT2D eigenvalue weighted by molar-refractivity contribution is -0.147. The van der Waals surface area contributed by atoms with Crippen LogP contribution in [0.1, 0.15) is 44.1 Å². The van der Waals surface area contributed by atoms with Gasteiger partial charge in [0.05, 0.1) is 0 Å². The van der Waals surface area contributed by atoms with Crippen LogP contribution in [0.4, 0.5) is 0 Å². The zero-order valence-corrected chi connectivity index (χ0v) is 13.1. The maximum absolute atomic E-state index is 12.2. The van der Waals surface area contributed by atoms with Crippen molar-refractivity contribution in [2.45, 2.75) is 57.2 Å². The van der Waals surface area contributed by atoms with E-state index in [-0.39, 0.29) is 24.4 Å². The Morgan fingerprint density at radius 3 is 2.57 bits per heavy atom. The molecule has 1 unspecified atom stereocenters. The van der Waals surface area contributed by atoms with Crippen molar-refractivity contribution in [1.82, 2.24) is 5.32 Å². The summed E-state index contributed by atoms with van der Waals surface area (Å²) in [5, 5.41) is 3.54. The van der Waals surface area contributed by atoms with E-state index in [0.29, 0.717) is 12.6 Å². The van der Waals surface area contributed by atoms with E-state index >= 15 is 0 Å². The van der Waals surface area contributed by atoms with Gasteiger partial charge in [-0.2, -0.15) is 0 Å². The predicted octanol–water partition coefficient (Wildman–Crippen LogP) is 3.46. The van der Waals surface area contributed by atoms with Gasteiger partial charge < -0.3 is 10.1 Å². The fourth-order valence-electron chi connectivity index (χ4n) is 3.54. The van der Waals surface area contributed by atoms with Crippen LogP contribution in [-0.2, 0) is 16.1 Å². The minimum absolute atomic E-state index is 0. The minimum atomic E-state index is -0.105. The smallest absolute Gasteiger partial charge is 0.323 e. The molecular weight excluding hydrogens is 286 g/mol. The van der Waals surface area contributed by atoms with Crippen molar-refractivity contribution in [2.75, 3.05) is 0 Å². The van der Waals surface area contributed by atoms with Crippen LogP contribution in [0.5, 0.6) is 0 Å². The highest BCUT2D eigenvalue weighted by molar-refractivity contribution is 5.85. The fraction of sp³-hybridized carbons (Fsp3) is 0.588. The first-order chi connectivity index (χ1) is 9.83. The molecule has 1 N–H and O–H groups in total. The second-order valence-electron chi connectivity index (χ2n) is 6.04. The Labute approximate surface area is 132 Å². The molecule has 116 valence electrons. The average Bonchev–Trinajstić information content (AvgIpc) is 2.83. The molecular formula is C17H24ClNO2. The lowest BCUT2D eigenvalue weighted by atomic mass is 9.99. The molecule has 1 aromatic rings. The third kappa shape index (κ3) is 4.21. The van der Waals surface area contributed by atoms with E-state index < -0.39 is 0 Å². The summed E-state index contributed by atoms with van der Waals surface area (Å²) in [6, 6.07) is 10.3. The van der Waals surface area contributed by atoms with E-state index in [9.17, 15) is 4.79 Å². The number of rotatable bonds is 3. The quantitative estimate of drug-likeness (QED) is 0.869. The Bertz CT molecular complexity index is 451. The van der Waals surface area contributed by atoms with Crippen molar-refractivity contribution in [1.29, 1.82) is 0 Å². The van der Waals surface area contributed by atoms with E-state index in [1.54, 1.807) is 0 Å². The van der Waals surface area contributed by atoms with Crippen LogP contribution in [0.25, 0.3) is 0 Å². The van der Waals surface area contributed by atoms with Gasteiger partial charge in [0, 0.05) is 6.04 Å². The Balaban J connectivity index is 0.00000161. The first-order valence-corrected chi connectivity index (χ1v) is 7.79. The van der Waals surface area contributed by atoms with Gasteiger partial charge in [-0.05, 0) is 37.2 Å². The number of ether oxygens (including phenoxy) is 1. The number of esters is 1. The molecule has 1 heterocycles. The van der Waals surface area contributed by atoms with Crippen molar-refractivity contribution in [2.24, 2.45) is 5.92 Å². The van der Waals surface area contributed by atoms with Gasteiger partial charge in [-0.25, -0.2) is 0 Å². The summed E-state index contributed by atoms with van der Waals surface area (Å²) in [6.07, 6.45) is 7.16. The average molecular weight is 310 g/mol. The van der Waals surface area contributed by atoms with Gasteiger partial charge in [0.2, 0.25) is 0 Å². The normalized spacial score (nSPS) is 28.1. The molecule has 4 heteroatoms. The molecule has 0 spiro atoms. The molecule has 3 rings (SSSR count). The summed E-state index contributed by atoms with van der Waals surface area (Å²) in [6.45, 7) is 0.381. The number of hydrogen-bond donors (Lipinski definition) is 1. The molecule has 0 aromatic heterocycles. The molecule has 21 heavy (non-hydrogen) atoms. The van der Waals surface area contributed by atoms with Crippen LogP contribution < -0.4 is 5.32 Å². The Morgan fingerprint density at radius 1 is 1.10 bits per heavy atom. The van der Waals surface area contributed by atoms with Gasteiger partial charge in [0.25, 0.3) is 0 Å². The van der Waals surface area contributed by atoms with E-state index in [1.165, 1.54) is 25.7 Å². The fourth-order valence-corrected chi connectivity index (χ4v) is 3.54. The van der Waals surface area contributed by atoms with Gasteiger partial charge >= 0.3 is 5.97 Å². The molecule has 1 aliphatic carbocycles. The minimum Gasteiger partial charge on any atom is -0.460 e. The molecule has 0 bridgehead atoms. The number of benzene rings is 1. The molecule has 3 atom stereocenters. The number of nitrogens with one attached hydrogen (secondary N) is 1. The van der Waals surface area contributed by atoms with Crippen LogP contribution in [0.15, 0.2) is 30.3 Å². The lowest BCUT2D eigenvalue weighted by Crippen LogP contribution is -2.43. The number of halogens is 1. The first kappa shape index (κ1) is 16.3. The second kappa shape index (κ2) is 7.81. The molecule has 2 aliphatic rings. The number of fused-ring (bicyclic) bond motifs is 1. The van der Waals surface area contributed by atoms with E-state index in [1.807, 2.05) is 30.3 Å². The zero-order valence-electron chi connectivity index (χ0n) is 12.3. The highest BCUT2D eigenvalue weighted by Gasteiger charge is 2.34. The summed E-state index contributed by atoms with van der Waals surface area (Å²) in [4.78, 5) is 12.2. The summed E-state index contributed by atoms with van der Waals surface area (Å²) in [7, 11) is 0. The maximum atomic E-state index is 12.2. The van der Waals surface area contributed by atoms with Crippen molar-refractivity contribution in [3.63, 3.8) is 0 Å². The molecule has 2 fully saturated rings. The number of hydrogen-bond acceptors (Lipinski definition) is 3. The van der Waals surface area contributed by atoms with Gasteiger partial charge in [0.15, 0.2) is 0 Å². The maximum Gasteiger partial charge on any atom is 0.323 e. The molecule has 1 saturated heterocycles. The monoisotopic (exact) mass is 309 g/mol. The predicted molar refractivity (Wildman–Crippen MR) is 85.4 cm³/mol. The van der Waals surface area contributed by atoms with E-state index in [0.717, 1.165) is 24.3 Å². The lowest BCUT2D eigenvalue weighted by Gasteiger charge is -2.21. The van der Waals surface area contributed by atoms with Gasteiger partial charge in [0.1, 0.15) is 12.6 Å². The van der Waals surface area contributed by atoms with Gasteiger partial charge in [-0.15, -0.1) is 12.4 Å². The molecule has 1 aromatic carbocycles. The van der Waals surface area contributed by atoms with Crippen molar-refractivity contribution >= 4 is 18.4 Å². The Kier molecular flexibility index (Phi) is 6.07. The van der Waals surface area contributed by atoms with Crippen LogP contribution in [0, 0.1) is 5.92 Å². The third-order valence-electron chi connectivity index (χ3n) is 4.65. The first-order valence-electron chi connectivity index (χ1n) is 7.79. The largest absolute Gasteiger partial charge is 0.460 e. The SMILES string of the molecule is Cl.O=C(OCc1ccccc1)C1CCC[C@H]2CCC[C@H]2N1. The Morgan fingerprint density at radius 2 is 1.81 bits per heavy atom. The van der Waals surface area contributed by atoms with Crippen molar-refractivity contribution in [3.8, 4) is 0 Å². The molecule has 1 aliphatic heterocycles. The molecule has 0 amide bonds. The van der Waals surface area contributed by atoms with Crippen molar-refractivity contribution in [3.05, 3.63) is 35.9 Å². The van der Waals surface area contributed by atoms with Crippen LogP contribution in [-0.4, -0.2) is 18.1 Å². The number of carbonyl (C=O) groups excluding carboxylic acids is 1. The standard InChI is InChI=1S/C17H23NO2.ClH/c19-17(20-12-13-6-2-1-3-7-13)16-11-5-9-14-8-4-10-15(14)18-16;/h1-3,6-7,14-16,18H,4-5,8-12H2;1H/t14-,15-,16?;/m1./s1.